The average Bonchev–Trinajstić information content (AvgIpc) is 2.52. The Hall–Kier alpha value is -1.62. The lowest BCUT2D eigenvalue weighted by Crippen LogP contribution is -2.37. The third kappa shape index (κ3) is 5.82. The molecule has 1 amide bonds. The topological polar surface area (TPSA) is 153 Å². The number of amides is 1. The molecule has 0 bridgehead atoms. The lowest BCUT2D eigenvalue weighted by molar-refractivity contribution is -0.138. The molecule has 0 aliphatic heterocycles. The molecule has 0 spiro atoms. The lowest BCUT2D eigenvalue weighted by Gasteiger charge is -2.11. The van der Waals surface area contributed by atoms with Gasteiger partial charge in [-0.15, -0.1) is 0 Å². The molecule has 0 aliphatic carbocycles. The molecule has 1 rings (SSSR count). The SMILES string of the molecule is N[C@@H](CCS(=O)(=O)c1ccc(NC(=O)[C@@H](N)CS)cc1)C(=O)O. The van der Waals surface area contributed by atoms with Crippen LogP contribution in [-0.2, 0) is 19.4 Å². The van der Waals surface area contributed by atoms with E-state index in [1.807, 2.05) is 0 Å². The van der Waals surface area contributed by atoms with Gasteiger partial charge in [0.1, 0.15) is 6.04 Å². The van der Waals surface area contributed by atoms with Crippen molar-refractivity contribution in [2.45, 2.75) is 23.4 Å². The summed E-state index contributed by atoms with van der Waals surface area (Å²) in [7, 11) is -3.65. The number of aliphatic carboxylic acids is 1. The van der Waals surface area contributed by atoms with E-state index in [-0.39, 0.29) is 22.8 Å². The van der Waals surface area contributed by atoms with E-state index in [1.54, 1.807) is 0 Å². The van der Waals surface area contributed by atoms with Gasteiger partial charge in [0.2, 0.25) is 5.91 Å². The highest BCUT2D eigenvalue weighted by Crippen LogP contribution is 2.16. The Morgan fingerprint density at radius 3 is 2.22 bits per heavy atom. The third-order valence-electron chi connectivity index (χ3n) is 3.03. The number of carbonyl (C=O) groups is 2. The van der Waals surface area contributed by atoms with Crippen LogP contribution in [0.4, 0.5) is 5.69 Å². The number of benzene rings is 1. The van der Waals surface area contributed by atoms with Crippen molar-refractivity contribution in [2.75, 3.05) is 16.8 Å². The standard InChI is InChI=1S/C13H19N3O5S2/c14-10(13(18)19)5-6-23(20,21)9-3-1-8(2-4-9)16-12(17)11(15)7-22/h1-4,10-11,22H,5-7,14-15H2,(H,16,17)(H,18,19)/t10-,11-/m0/s1. The molecular formula is C13H19N3O5S2. The van der Waals surface area contributed by atoms with Crippen LogP contribution in [0.5, 0.6) is 0 Å². The Balaban J connectivity index is 2.75. The van der Waals surface area contributed by atoms with E-state index >= 15 is 0 Å². The first kappa shape index (κ1) is 19.4. The zero-order chi connectivity index (χ0) is 17.6. The summed E-state index contributed by atoms with van der Waals surface area (Å²) in [6.45, 7) is 0. The van der Waals surface area contributed by atoms with Gasteiger partial charge in [0, 0.05) is 11.4 Å². The van der Waals surface area contributed by atoms with Crippen molar-refractivity contribution < 1.29 is 23.1 Å². The van der Waals surface area contributed by atoms with Crippen LogP contribution in [0.15, 0.2) is 29.2 Å². The van der Waals surface area contributed by atoms with Crippen molar-refractivity contribution in [1.82, 2.24) is 0 Å². The predicted octanol–water partition coefficient (Wildman–Crippen LogP) is -0.542. The highest BCUT2D eigenvalue weighted by Gasteiger charge is 2.19. The second-order valence-electron chi connectivity index (χ2n) is 4.85. The summed E-state index contributed by atoms with van der Waals surface area (Å²) in [6, 6.07) is 3.50. The molecule has 0 heterocycles. The Bertz CT molecular complexity index is 661. The monoisotopic (exact) mass is 361 g/mol. The number of nitrogens with one attached hydrogen (secondary N) is 1. The van der Waals surface area contributed by atoms with Crippen molar-refractivity contribution in [3.8, 4) is 0 Å². The number of sulfone groups is 1. The maximum Gasteiger partial charge on any atom is 0.320 e. The number of nitrogens with two attached hydrogens (primary N) is 2. The fraction of sp³-hybridized carbons (Fsp3) is 0.385. The molecule has 1 aromatic rings. The van der Waals surface area contributed by atoms with E-state index in [0.29, 0.717) is 5.69 Å². The number of rotatable bonds is 8. The molecule has 0 radical (unpaired) electrons. The van der Waals surface area contributed by atoms with Crippen molar-refractivity contribution in [1.29, 1.82) is 0 Å². The van der Waals surface area contributed by atoms with Gasteiger partial charge in [0.05, 0.1) is 16.7 Å². The maximum atomic E-state index is 12.1. The van der Waals surface area contributed by atoms with Crippen LogP contribution in [0, 0.1) is 0 Å². The van der Waals surface area contributed by atoms with E-state index in [2.05, 4.69) is 17.9 Å². The third-order valence-corrected chi connectivity index (χ3v) is 5.19. The minimum absolute atomic E-state index is 0.0200. The van der Waals surface area contributed by atoms with Crippen LogP contribution in [0.3, 0.4) is 0 Å². The Kier molecular flexibility index (Phi) is 7.01. The smallest absolute Gasteiger partial charge is 0.320 e. The number of hydrogen-bond donors (Lipinski definition) is 5. The van der Waals surface area contributed by atoms with Gasteiger partial charge < -0.3 is 21.9 Å². The zero-order valence-electron chi connectivity index (χ0n) is 12.2. The summed E-state index contributed by atoms with van der Waals surface area (Å²) >= 11 is 3.91. The van der Waals surface area contributed by atoms with Crippen molar-refractivity contribution in [2.24, 2.45) is 11.5 Å². The first-order chi connectivity index (χ1) is 10.7. The molecule has 8 nitrogen and oxygen atoms in total. The number of carbonyl (C=O) groups excluding carboxylic acids is 1. The molecule has 0 aliphatic rings. The van der Waals surface area contributed by atoms with Crippen molar-refractivity contribution in [3.05, 3.63) is 24.3 Å². The van der Waals surface area contributed by atoms with Gasteiger partial charge in [-0.25, -0.2) is 8.42 Å². The second kappa shape index (κ2) is 8.29. The number of carboxylic acid groups (broad SMARTS) is 1. The number of thiol groups is 1. The summed E-state index contributed by atoms with van der Waals surface area (Å²) in [6.07, 6.45) is -0.188. The van der Waals surface area contributed by atoms with Crippen LogP contribution >= 0.6 is 12.6 Å². The number of anilines is 1. The normalized spacial score (nSPS) is 14.0. The minimum Gasteiger partial charge on any atom is -0.480 e. The highest BCUT2D eigenvalue weighted by atomic mass is 32.2. The molecule has 0 saturated heterocycles. The lowest BCUT2D eigenvalue weighted by atomic mass is 10.2. The predicted molar refractivity (Wildman–Crippen MR) is 89.2 cm³/mol. The number of hydrogen-bond acceptors (Lipinski definition) is 7. The molecule has 0 saturated carbocycles. The maximum absolute atomic E-state index is 12.1. The first-order valence-corrected chi connectivity index (χ1v) is 8.94. The summed E-state index contributed by atoms with van der Waals surface area (Å²) < 4.78 is 24.2. The molecule has 0 fully saturated rings. The van der Waals surface area contributed by atoms with Crippen molar-refractivity contribution >= 4 is 40.0 Å². The van der Waals surface area contributed by atoms with Gasteiger partial charge in [-0.1, -0.05) is 0 Å². The van der Waals surface area contributed by atoms with Gasteiger partial charge >= 0.3 is 5.97 Å². The minimum atomic E-state index is -3.65. The summed E-state index contributed by atoms with van der Waals surface area (Å²) in [5.41, 5.74) is 11.2. The van der Waals surface area contributed by atoms with E-state index in [4.69, 9.17) is 16.6 Å². The van der Waals surface area contributed by atoms with Crippen LogP contribution in [0.25, 0.3) is 0 Å². The Morgan fingerprint density at radius 1 is 1.17 bits per heavy atom. The fourth-order valence-electron chi connectivity index (χ4n) is 1.59. The van der Waals surface area contributed by atoms with Crippen LogP contribution in [0.1, 0.15) is 6.42 Å². The van der Waals surface area contributed by atoms with E-state index < -0.39 is 33.8 Å². The number of carboxylic acids is 1. The average molecular weight is 361 g/mol. The van der Waals surface area contributed by atoms with Crippen LogP contribution in [-0.4, -0.2) is 49.0 Å². The Morgan fingerprint density at radius 2 is 1.74 bits per heavy atom. The van der Waals surface area contributed by atoms with Crippen LogP contribution < -0.4 is 16.8 Å². The quantitative estimate of drug-likeness (QED) is 0.390. The van der Waals surface area contributed by atoms with E-state index in [0.717, 1.165) is 0 Å². The zero-order valence-corrected chi connectivity index (χ0v) is 13.9. The molecule has 0 unspecified atom stereocenters. The molecular weight excluding hydrogens is 342 g/mol. The Labute approximate surface area is 139 Å². The molecule has 6 N–H and O–H groups in total. The van der Waals surface area contributed by atoms with Gasteiger partial charge in [0.25, 0.3) is 0 Å². The molecule has 1 aromatic carbocycles. The summed E-state index contributed by atoms with van der Waals surface area (Å²) in [5.74, 6) is -1.87. The molecule has 23 heavy (non-hydrogen) atoms. The fourth-order valence-corrected chi connectivity index (χ4v) is 3.10. The van der Waals surface area contributed by atoms with E-state index in [1.165, 1.54) is 24.3 Å². The van der Waals surface area contributed by atoms with Gasteiger partial charge in [0.15, 0.2) is 9.84 Å². The largest absolute Gasteiger partial charge is 0.480 e. The highest BCUT2D eigenvalue weighted by molar-refractivity contribution is 7.91. The molecule has 0 aromatic heterocycles. The first-order valence-electron chi connectivity index (χ1n) is 6.66. The molecule has 10 heteroatoms. The van der Waals surface area contributed by atoms with Gasteiger partial charge in [-0.3, -0.25) is 9.59 Å². The van der Waals surface area contributed by atoms with Gasteiger partial charge in [-0.2, -0.15) is 12.6 Å². The molecule has 2 atom stereocenters. The van der Waals surface area contributed by atoms with Crippen molar-refractivity contribution in [3.63, 3.8) is 0 Å². The second-order valence-corrected chi connectivity index (χ2v) is 7.33. The summed E-state index contributed by atoms with van der Waals surface area (Å²) in [4.78, 5) is 22.2. The molecule has 128 valence electrons. The summed E-state index contributed by atoms with van der Waals surface area (Å²) in [5, 5.41) is 11.2. The van der Waals surface area contributed by atoms with Crippen LogP contribution in [0.2, 0.25) is 0 Å². The van der Waals surface area contributed by atoms with Gasteiger partial charge in [-0.05, 0) is 30.7 Å². The van der Waals surface area contributed by atoms with E-state index in [9.17, 15) is 18.0 Å².